The van der Waals surface area contributed by atoms with Crippen molar-refractivity contribution >= 4 is 46.1 Å². The Morgan fingerprint density at radius 1 is 1.10 bits per heavy atom. The van der Waals surface area contributed by atoms with Crippen LogP contribution in [0.5, 0.6) is 0 Å². The molecular formula is C14H12Cl3F2NS. The molecular weight excluding hydrogens is 359 g/mol. The van der Waals surface area contributed by atoms with Crippen LogP contribution in [0.1, 0.15) is 30.5 Å². The third-order valence-electron chi connectivity index (χ3n) is 2.94. The largest absolute Gasteiger partial charge is 0.306 e. The van der Waals surface area contributed by atoms with Gasteiger partial charge in [-0.05, 0) is 31.2 Å². The minimum Gasteiger partial charge on any atom is -0.306 e. The van der Waals surface area contributed by atoms with E-state index in [1.54, 1.807) is 6.07 Å². The van der Waals surface area contributed by atoms with E-state index in [1.807, 2.05) is 6.92 Å². The number of rotatable bonds is 5. The maximum absolute atomic E-state index is 14.2. The highest BCUT2D eigenvalue weighted by molar-refractivity contribution is 7.20. The zero-order valence-electron chi connectivity index (χ0n) is 11.0. The SMILES string of the molecule is CCCNC(c1cc(F)c(Cl)cc1F)c1cc(Cl)sc1Cl. The van der Waals surface area contributed by atoms with Crippen molar-refractivity contribution in [3.8, 4) is 0 Å². The lowest BCUT2D eigenvalue weighted by atomic mass is 10.00. The molecule has 1 aromatic heterocycles. The summed E-state index contributed by atoms with van der Waals surface area (Å²) in [5, 5.41) is 2.91. The molecule has 114 valence electrons. The van der Waals surface area contributed by atoms with Gasteiger partial charge in [-0.3, -0.25) is 0 Å². The van der Waals surface area contributed by atoms with E-state index in [9.17, 15) is 8.78 Å². The second-order valence-corrected chi connectivity index (χ2v) is 7.15. The van der Waals surface area contributed by atoms with Crippen LogP contribution in [0.15, 0.2) is 18.2 Å². The Morgan fingerprint density at radius 2 is 1.81 bits per heavy atom. The van der Waals surface area contributed by atoms with E-state index in [2.05, 4.69) is 5.32 Å². The van der Waals surface area contributed by atoms with Crippen LogP contribution in [-0.4, -0.2) is 6.54 Å². The first-order valence-electron chi connectivity index (χ1n) is 6.26. The zero-order valence-corrected chi connectivity index (χ0v) is 14.1. The van der Waals surface area contributed by atoms with Crippen LogP contribution in [0.4, 0.5) is 8.78 Å². The second kappa shape index (κ2) is 7.25. The van der Waals surface area contributed by atoms with E-state index in [-0.39, 0.29) is 10.6 Å². The summed E-state index contributed by atoms with van der Waals surface area (Å²) in [6, 6.07) is 3.14. The van der Waals surface area contributed by atoms with Crippen molar-refractivity contribution in [3.05, 3.63) is 54.7 Å². The molecule has 1 heterocycles. The van der Waals surface area contributed by atoms with Gasteiger partial charge < -0.3 is 5.32 Å². The molecule has 0 saturated heterocycles. The lowest BCUT2D eigenvalue weighted by molar-refractivity contribution is 0.536. The number of benzene rings is 1. The molecule has 1 N–H and O–H groups in total. The van der Waals surface area contributed by atoms with Crippen LogP contribution in [0.3, 0.4) is 0 Å². The van der Waals surface area contributed by atoms with Gasteiger partial charge in [0.2, 0.25) is 0 Å². The lowest BCUT2D eigenvalue weighted by Gasteiger charge is -2.19. The van der Waals surface area contributed by atoms with Crippen molar-refractivity contribution in [2.75, 3.05) is 6.54 Å². The molecule has 2 aromatic rings. The quantitative estimate of drug-likeness (QED) is 0.629. The highest BCUT2D eigenvalue weighted by Crippen LogP contribution is 2.38. The smallest absolute Gasteiger partial charge is 0.142 e. The Kier molecular flexibility index (Phi) is 5.86. The molecule has 0 spiro atoms. The first-order chi connectivity index (χ1) is 9.93. The van der Waals surface area contributed by atoms with Crippen LogP contribution < -0.4 is 5.32 Å². The summed E-state index contributed by atoms with van der Waals surface area (Å²) >= 11 is 18.9. The molecule has 1 nitrogen and oxygen atoms in total. The first-order valence-corrected chi connectivity index (χ1v) is 8.21. The Balaban J connectivity index is 2.50. The van der Waals surface area contributed by atoms with E-state index in [0.29, 0.717) is 20.8 Å². The molecule has 1 aromatic carbocycles. The Labute approximate surface area is 140 Å². The normalized spacial score (nSPS) is 12.7. The number of nitrogens with one attached hydrogen (secondary N) is 1. The number of halogens is 5. The topological polar surface area (TPSA) is 12.0 Å². The average molecular weight is 371 g/mol. The molecule has 0 aliphatic heterocycles. The second-order valence-electron chi connectivity index (χ2n) is 4.45. The van der Waals surface area contributed by atoms with Crippen molar-refractivity contribution in [2.45, 2.75) is 19.4 Å². The van der Waals surface area contributed by atoms with Crippen LogP contribution in [-0.2, 0) is 0 Å². The Morgan fingerprint density at radius 3 is 2.38 bits per heavy atom. The van der Waals surface area contributed by atoms with Crippen LogP contribution >= 0.6 is 46.1 Å². The highest BCUT2D eigenvalue weighted by Gasteiger charge is 2.23. The van der Waals surface area contributed by atoms with E-state index >= 15 is 0 Å². The summed E-state index contributed by atoms with van der Waals surface area (Å²) in [4.78, 5) is 0. The average Bonchev–Trinajstić information content (AvgIpc) is 2.75. The molecule has 0 bridgehead atoms. The Hall–Kier alpha value is -0.390. The molecule has 0 aliphatic carbocycles. The maximum Gasteiger partial charge on any atom is 0.142 e. The number of hydrogen-bond donors (Lipinski definition) is 1. The van der Waals surface area contributed by atoms with Crippen LogP contribution in [0, 0.1) is 11.6 Å². The van der Waals surface area contributed by atoms with Gasteiger partial charge in [0.15, 0.2) is 0 Å². The molecule has 0 amide bonds. The maximum atomic E-state index is 14.2. The lowest BCUT2D eigenvalue weighted by Crippen LogP contribution is -2.24. The van der Waals surface area contributed by atoms with Crippen LogP contribution in [0.25, 0.3) is 0 Å². The summed E-state index contributed by atoms with van der Waals surface area (Å²) in [6.07, 6.45) is 0.837. The first kappa shape index (κ1) is 17.0. The number of hydrogen-bond acceptors (Lipinski definition) is 2. The molecule has 1 atom stereocenters. The molecule has 0 aliphatic rings. The van der Waals surface area contributed by atoms with Gasteiger partial charge in [-0.1, -0.05) is 41.7 Å². The van der Waals surface area contributed by atoms with Crippen molar-refractivity contribution in [3.63, 3.8) is 0 Å². The van der Waals surface area contributed by atoms with Crippen molar-refractivity contribution < 1.29 is 8.78 Å². The van der Waals surface area contributed by atoms with E-state index in [0.717, 1.165) is 18.6 Å². The summed E-state index contributed by atoms with van der Waals surface area (Å²) in [5.41, 5.74) is 0.780. The monoisotopic (exact) mass is 369 g/mol. The summed E-state index contributed by atoms with van der Waals surface area (Å²) < 4.78 is 28.8. The molecule has 7 heteroatoms. The van der Waals surface area contributed by atoms with E-state index < -0.39 is 17.7 Å². The van der Waals surface area contributed by atoms with Crippen molar-refractivity contribution in [1.29, 1.82) is 0 Å². The molecule has 0 saturated carbocycles. The molecule has 0 radical (unpaired) electrons. The number of thiophene rings is 1. The van der Waals surface area contributed by atoms with Gasteiger partial charge in [0.05, 0.1) is 19.7 Å². The molecule has 2 rings (SSSR count). The fraction of sp³-hybridized carbons (Fsp3) is 0.286. The predicted molar refractivity (Wildman–Crippen MR) is 85.8 cm³/mol. The highest BCUT2D eigenvalue weighted by atomic mass is 35.5. The van der Waals surface area contributed by atoms with Crippen LogP contribution in [0.2, 0.25) is 13.7 Å². The fourth-order valence-corrected chi connectivity index (χ4v) is 3.67. The summed E-state index contributed by atoms with van der Waals surface area (Å²) in [6.45, 7) is 2.60. The van der Waals surface area contributed by atoms with Gasteiger partial charge in [0, 0.05) is 11.1 Å². The molecule has 1 unspecified atom stereocenters. The van der Waals surface area contributed by atoms with Gasteiger partial charge in [-0.25, -0.2) is 8.78 Å². The van der Waals surface area contributed by atoms with E-state index in [4.69, 9.17) is 34.8 Å². The Bertz CT molecular complexity index is 645. The van der Waals surface area contributed by atoms with E-state index in [1.165, 1.54) is 11.3 Å². The third kappa shape index (κ3) is 3.88. The minimum absolute atomic E-state index is 0.154. The zero-order chi connectivity index (χ0) is 15.6. The fourth-order valence-electron chi connectivity index (χ4n) is 1.99. The van der Waals surface area contributed by atoms with Gasteiger partial charge in [-0.2, -0.15) is 0 Å². The third-order valence-corrected chi connectivity index (χ3v) is 4.75. The minimum atomic E-state index is -0.672. The van der Waals surface area contributed by atoms with Crippen molar-refractivity contribution in [1.82, 2.24) is 5.32 Å². The predicted octanol–water partition coefficient (Wildman–Crippen LogP) is 6.08. The molecule has 0 fully saturated rings. The van der Waals surface area contributed by atoms with Gasteiger partial charge in [-0.15, -0.1) is 11.3 Å². The summed E-state index contributed by atoms with van der Waals surface area (Å²) in [7, 11) is 0. The summed E-state index contributed by atoms with van der Waals surface area (Å²) in [5.74, 6) is -1.26. The van der Waals surface area contributed by atoms with Gasteiger partial charge in [0.1, 0.15) is 11.6 Å². The standard InChI is InChI=1S/C14H12Cl3F2NS/c1-2-3-20-13(8-5-12(16)21-14(8)17)7-4-11(19)9(15)6-10(7)18/h4-6,13,20H,2-3H2,1H3. The van der Waals surface area contributed by atoms with Gasteiger partial charge >= 0.3 is 0 Å². The van der Waals surface area contributed by atoms with Gasteiger partial charge in [0.25, 0.3) is 0 Å². The van der Waals surface area contributed by atoms with Crippen molar-refractivity contribution in [2.24, 2.45) is 0 Å². The molecule has 21 heavy (non-hydrogen) atoms.